The predicted octanol–water partition coefficient (Wildman–Crippen LogP) is 2.33. The average Bonchev–Trinajstić information content (AvgIpc) is 2.42. The van der Waals surface area contributed by atoms with Gasteiger partial charge in [-0.2, -0.15) is 0 Å². The van der Waals surface area contributed by atoms with Crippen molar-refractivity contribution in [3.8, 4) is 0 Å². The lowest BCUT2D eigenvalue weighted by Gasteiger charge is -2.34. The highest BCUT2D eigenvalue weighted by Crippen LogP contribution is 2.36. The summed E-state index contributed by atoms with van der Waals surface area (Å²) in [6, 6.07) is 0. The van der Waals surface area contributed by atoms with Gasteiger partial charge in [-0.25, -0.2) is 8.42 Å². The Labute approximate surface area is 176 Å². The molecule has 172 valence electrons. The summed E-state index contributed by atoms with van der Waals surface area (Å²) < 4.78 is 43.4. The maximum absolute atomic E-state index is 12.6. The molecule has 0 saturated heterocycles. The van der Waals surface area contributed by atoms with Crippen LogP contribution in [0.25, 0.3) is 0 Å². The lowest BCUT2D eigenvalue weighted by molar-refractivity contribution is -0.890. The highest BCUT2D eigenvalue weighted by atomic mass is 32.2. The van der Waals surface area contributed by atoms with Crippen LogP contribution in [0.4, 0.5) is 0 Å². The second kappa shape index (κ2) is 9.75. The number of rotatable bonds is 11. The molecule has 0 spiro atoms. The molecule has 0 radical (unpaired) electrons. The van der Waals surface area contributed by atoms with Crippen LogP contribution in [0.3, 0.4) is 0 Å². The first kappa shape index (κ1) is 27.8. The Morgan fingerprint density at radius 2 is 1.38 bits per heavy atom. The minimum atomic E-state index is -4.22. The molecule has 0 N–H and O–H groups in total. The van der Waals surface area contributed by atoms with Gasteiger partial charge in [-0.3, -0.25) is 9.59 Å². The van der Waals surface area contributed by atoms with Gasteiger partial charge in [0, 0.05) is 12.2 Å². The number of likely N-dealkylation sites (N-methyl/N-ethyl adjacent to an activating group) is 1. The highest BCUT2D eigenvalue weighted by Gasteiger charge is 2.42. The van der Waals surface area contributed by atoms with Crippen LogP contribution >= 0.6 is 0 Å². The summed E-state index contributed by atoms with van der Waals surface area (Å²) in [7, 11) is -0.465. The number of hydrogen-bond acceptors (Lipinski definition) is 7. The number of carbonyl (C=O) groups is 2. The van der Waals surface area contributed by atoms with Crippen LogP contribution in [-0.2, 0) is 29.2 Å². The van der Waals surface area contributed by atoms with Crippen LogP contribution in [0.2, 0.25) is 0 Å². The van der Waals surface area contributed by atoms with Crippen molar-refractivity contribution in [1.82, 2.24) is 0 Å². The third-order valence-electron chi connectivity index (χ3n) is 4.48. The molecule has 0 fully saturated rings. The topological polar surface area (TPSA) is 110 Å². The zero-order chi connectivity index (χ0) is 23.3. The van der Waals surface area contributed by atoms with E-state index in [1.807, 2.05) is 14.1 Å². The summed E-state index contributed by atoms with van der Waals surface area (Å²) in [4.78, 5) is 25.0. The summed E-state index contributed by atoms with van der Waals surface area (Å²) in [6.45, 7) is 13.5. The van der Waals surface area contributed by atoms with Gasteiger partial charge in [-0.1, -0.05) is 0 Å². The van der Waals surface area contributed by atoms with Gasteiger partial charge in [0.15, 0.2) is 0 Å². The largest absolute Gasteiger partial charge is 0.748 e. The lowest BCUT2D eigenvalue weighted by atomic mass is 9.75. The maximum atomic E-state index is 12.6. The van der Waals surface area contributed by atoms with Crippen LogP contribution in [0.5, 0.6) is 0 Å². The second-order valence-electron chi connectivity index (χ2n) is 10.6. The number of quaternary nitrogens is 1. The van der Waals surface area contributed by atoms with E-state index in [1.54, 1.807) is 48.5 Å². The third kappa shape index (κ3) is 12.2. The normalized spacial score (nSPS) is 13.9. The Morgan fingerprint density at radius 1 is 0.897 bits per heavy atom. The van der Waals surface area contributed by atoms with Crippen LogP contribution in [-0.4, -0.2) is 74.5 Å². The monoisotopic (exact) mass is 437 g/mol. The molecular weight excluding hydrogens is 398 g/mol. The molecule has 0 aromatic heterocycles. The van der Waals surface area contributed by atoms with E-state index in [2.05, 4.69) is 0 Å². The van der Waals surface area contributed by atoms with Crippen LogP contribution in [0.1, 0.15) is 61.3 Å². The number of ether oxygens (including phenoxy) is 2. The summed E-state index contributed by atoms with van der Waals surface area (Å²) in [5.74, 6) is -1.17. The van der Waals surface area contributed by atoms with E-state index < -0.39 is 38.3 Å². The first-order chi connectivity index (χ1) is 12.7. The van der Waals surface area contributed by atoms with Crippen LogP contribution in [0.15, 0.2) is 0 Å². The van der Waals surface area contributed by atoms with E-state index in [0.717, 1.165) is 0 Å². The molecule has 0 rings (SSSR count). The van der Waals surface area contributed by atoms with E-state index in [4.69, 9.17) is 9.47 Å². The summed E-state index contributed by atoms with van der Waals surface area (Å²) in [5, 5.41) is 0. The van der Waals surface area contributed by atoms with Crippen molar-refractivity contribution in [2.75, 3.05) is 39.5 Å². The Bertz CT molecular complexity index is 673. The maximum Gasteiger partial charge on any atom is 0.312 e. The molecule has 0 unspecified atom stereocenters. The Morgan fingerprint density at radius 3 is 1.83 bits per heavy atom. The quantitative estimate of drug-likeness (QED) is 0.277. The second-order valence-corrected chi connectivity index (χ2v) is 12.1. The molecule has 0 aliphatic heterocycles. The third-order valence-corrected chi connectivity index (χ3v) is 5.26. The van der Waals surface area contributed by atoms with Gasteiger partial charge in [0.25, 0.3) is 0 Å². The standard InChI is InChI=1S/C20H39NO7S/c1-18(2,3)28-17(23)20(6,7)15-19(4,5)16(22)27-13-12-21(8,9)11-10-14-29(24,25)26/h10-15H2,1-9H3. The van der Waals surface area contributed by atoms with Crippen LogP contribution < -0.4 is 0 Å². The number of carbonyl (C=O) groups excluding carboxylic acids is 2. The molecule has 9 heteroatoms. The van der Waals surface area contributed by atoms with Crippen molar-refractivity contribution in [3.05, 3.63) is 0 Å². The van der Waals surface area contributed by atoms with Crippen molar-refractivity contribution in [2.45, 2.75) is 66.9 Å². The van der Waals surface area contributed by atoms with Crippen molar-refractivity contribution >= 4 is 22.1 Å². The molecule has 8 nitrogen and oxygen atoms in total. The van der Waals surface area contributed by atoms with Gasteiger partial charge >= 0.3 is 11.9 Å². The molecule has 29 heavy (non-hydrogen) atoms. The minimum absolute atomic E-state index is 0.159. The molecule has 0 aliphatic carbocycles. The molecule has 0 saturated carbocycles. The summed E-state index contributed by atoms with van der Waals surface area (Å²) in [6.07, 6.45) is 0.524. The summed E-state index contributed by atoms with van der Waals surface area (Å²) in [5.41, 5.74) is -2.34. The first-order valence-corrected chi connectivity index (χ1v) is 11.4. The van der Waals surface area contributed by atoms with Gasteiger partial charge in [0.2, 0.25) is 0 Å². The smallest absolute Gasteiger partial charge is 0.312 e. The van der Waals surface area contributed by atoms with E-state index in [0.29, 0.717) is 17.6 Å². The van der Waals surface area contributed by atoms with Gasteiger partial charge in [0.05, 0.1) is 41.6 Å². The zero-order valence-corrected chi connectivity index (χ0v) is 20.3. The van der Waals surface area contributed by atoms with E-state index >= 15 is 0 Å². The fraction of sp³-hybridized carbons (Fsp3) is 0.900. The Kier molecular flexibility index (Phi) is 9.35. The van der Waals surface area contributed by atoms with Crippen molar-refractivity contribution < 1.29 is 36.5 Å². The number of hydrogen-bond donors (Lipinski definition) is 0. The number of esters is 2. The predicted molar refractivity (Wildman–Crippen MR) is 110 cm³/mol. The van der Waals surface area contributed by atoms with Gasteiger partial charge in [0.1, 0.15) is 18.8 Å². The van der Waals surface area contributed by atoms with E-state index in [1.165, 1.54) is 0 Å². The molecule has 0 aromatic carbocycles. The van der Waals surface area contributed by atoms with E-state index in [9.17, 15) is 22.6 Å². The SMILES string of the molecule is CC(C)(C)OC(=O)C(C)(C)CC(C)(C)C(=O)OCC[N+](C)(C)CCCS(=O)(=O)[O-]. The van der Waals surface area contributed by atoms with Crippen molar-refractivity contribution in [1.29, 1.82) is 0 Å². The molecule has 0 aliphatic rings. The van der Waals surface area contributed by atoms with E-state index in [-0.39, 0.29) is 25.4 Å². The average molecular weight is 438 g/mol. The molecular formula is C20H39NO7S. The Hall–Kier alpha value is -1.19. The molecule has 0 heterocycles. The molecule has 0 bridgehead atoms. The van der Waals surface area contributed by atoms with Crippen molar-refractivity contribution in [3.63, 3.8) is 0 Å². The zero-order valence-electron chi connectivity index (χ0n) is 19.5. The summed E-state index contributed by atoms with van der Waals surface area (Å²) >= 11 is 0. The number of nitrogens with zero attached hydrogens (tertiary/aromatic N) is 1. The van der Waals surface area contributed by atoms with Crippen molar-refractivity contribution in [2.24, 2.45) is 10.8 Å². The fourth-order valence-corrected chi connectivity index (χ4v) is 3.51. The molecule has 0 amide bonds. The minimum Gasteiger partial charge on any atom is -0.748 e. The van der Waals surface area contributed by atoms with Gasteiger partial charge < -0.3 is 18.5 Å². The fourth-order valence-electron chi connectivity index (χ4n) is 3.03. The first-order valence-electron chi connectivity index (χ1n) is 9.83. The highest BCUT2D eigenvalue weighted by molar-refractivity contribution is 7.85. The van der Waals surface area contributed by atoms with Gasteiger partial charge in [-0.05, 0) is 54.9 Å². The Balaban J connectivity index is 4.69. The molecule has 0 atom stereocenters. The van der Waals surface area contributed by atoms with Gasteiger partial charge in [-0.15, -0.1) is 0 Å². The lowest BCUT2D eigenvalue weighted by Crippen LogP contribution is -2.45. The van der Waals surface area contributed by atoms with Crippen LogP contribution in [0, 0.1) is 10.8 Å². The molecule has 0 aromatic rings.